The molecule has 4 N–H and O–H groups in total. The highest BCUT2D eigenvalue weighted by atomic mass is 35.5. The molecule has 0 saturated carbocycles. The summed E-state index contributed by atoms with van der Waals surface area (Å²) in [6.45, 7) is 4.43. The van der Waals surface area contributed by atoms with Crippen LogP contribution in [0.15, 0.2) is 6.33 Å². The number of nitrogen functional groups attached to an aromatic ring is 1. The number of nitrogens with zero attached hydrogens (tertiary/aromatic N) is 4. The normalized spacial score (nSPS) is 27.2. The number of aliphatic hydroxyl groups excluding tert-OH is 2. The van der Waals surface area contributed by atoms with Crippen molar-refractivity contribution in [2.45, 2.75) is 39.2 Å². The van der Waals surface area contributed by atoms with Crippen LogP contribution in [-0.4, -0.2) is 68.4 Å². The first-order chi connectivity index (χ1) is 14.2. The molecule has 1 aliphatic heterocycles. The van der Waals surface area contributed by atoms with Crippen LogP contribution in [-0.2, 0) is 22.9 Å². The minimum atomic E-state index is -3.81. The molecular formula is C16H25ClN5O7P. The predicted molar refractivity (Wildman–Crippen MR) is 107 cm³/mol. The number of phosphoric ester groups is 1. The summed E-state index contributed by atoms with van der Waals surface area (Å²) in [4.78, 5) is 12.2. The van der Waals surface area contributed by atoms with Gasteiger partial charge in [-0.15, -0.1) is 0 Å². The Morgan fingerprint density at radius 1 is 1.33 bits per heavy atom. The number of fused-ring (bicyclic) bond motifs is 1. The fourth-order valence-electron chi connectivity index (χ4n) is 3.33. The van der Waals surface area contributed by atoms with Gasteiger partial charge in [-0.05, 0) is 25.4 Å². The third-order valence-electron chi connectivity index (χ3n) is 4.88. The first-order valence-corrected chi connectivity index (χ1v) is 11.2. The molecule has 30 heavy (non-hydrogen) atoms. The van der Waals surface area contributed by atoms with Crippen molar-refractivity contribution in [2.24, 2.45) is 5.41 Å². The van der Waals surface area contributed by atoms with Crippen LogP contribution in [0.2, 0.25) is 5.28 Å². The molecule has 0 aromatic carbocycles. The van der Waals surface area contributed by atoms with Crippen molar-refractivity contribution in [1.82, 2.24) is 19.5 Å². The van der Waals surface area contributed by atoms with Gasteiger partial charge in [0.25, 0.3) is 0 Å². The lowest BCUT2D eigenvalue weighted by atomic mass is 9.83. The molecular weight excluding hydrogens is 441 g/mol. The van der Waals surface area contributed by atoms with Gasteiger partial charge >= 0.3 is 7.82 Å². The number of phosphoric acid groups is 1. The summed E-state index contributed by atoms with van der Waals surface area (Å²) in [5, 5.41) is 20.8. The highest BCUT2D eigenvalue weighted by Crippen LogP contribution is 2.51. The van der Waals surface area contributed by atoms with E-state index in [9.17, 15) is 14.8 Å². The molecule has 0 radical (unpaired) electrons. The van der Waals surface area contributed by atoms with E-state index >= 15 is 0 Å². The van der Waals surface area contributed by atoms with Crippen molar-refractivity contribution in [1.29, 1.82) is 0 Å². The monoisotopic (exact) mass is 465 g/mol. The summed E-state index contributed by atoms with van der Waals surface area (Å²) in [5.74, 6) is 0.0854. The van der Waals surface area contributed by atoms with Crippen LogP contribution in [0.3, 0.4) is 0 Å². The maximum atomic E-state index is 12.6. The molecule has 14 heteroatoms. The van der Waals surface area contributed by atoms with E-state index in [0.717, 1.165) is 0 Å². The summed E-state index contributed by atoms with van der Waals surface area (Å²) in [5.41, 5.74) is 5.25. The summed E-state index contributed by atoms with van der Waals surface area (Å²) in [7, 11) is -3.81. The number of nitrogens with two attached hydrogens (primary N) is 1. The van der Waals surface area contributed by atoms with Gasteiger partial charge in [-0.1, -0.05) is 6.92 Å². The zero-order valence-corrected chi connectivity index (χ0v) is 18.4. The Kier molecular flexibility index (Phi) is 7.00. The molecule has 2 aromatic rings. The number of imidazole rings is 1. The first kappa shape index (κ1) is 23.3. The molecule has 168 valence electrons. The second-order valence-electron chi connectivity index (χ2n) is 6.92. The number of aliphatic hydroxyl groups is 2. The third-order valence-corrected chi connectivity index (χ3v) is 6.66. The van der Waals surface area contributed by atoms with Crippen molar-refractivity contribution in [3.63, 3.8) is 0 Å². The predicted octanol–water partition coefficient (Wildman–Crippen LogP) is 1.52. The standard InChI is InChI=1S/C16H25ClN5O7P/c1-4-26-30(25,27-5-2)28-6-9-11(24)16(3,7-23)14(29-9)22-8-19-10-12(18)20-15(17)21-13(10)22/h8-9,11,14,23-24H,4-7H2,1-3H3,(H2,18,20,21)/t9-,11?,14-,16?/m1/s1. The van der Waals surface area contributed by atoms with Crippen LogP contribution in [0, 0.1) is 5.41 Å². The smallest absolute Gasteiger partial charge is 0.396 e. The van der Waals surface area contributed by atoms with Crippen molar-refractivity contribution in [3.8, 4) is 0 Å². The fourth-order valence-corrected chi connectivity index (χ4v) is 4.68. The number of hydrogen-bond acceptors (Lipinski definition) is 11. The van der Waals surface area contributed by atoms with E-state index in [1.165, 1.54) is 10.9 Å². The molecule has 1 aliphatic rings. The maximum Gasteiger partial charge on any atom is 0.474 e. The number of halogens is 1. The maximum absolute atomic E-state index is 12.6. The second kappa shape index (κ2) is 9.01. The van der Waals surface area contributed by atoms with Gasteiger partial charge in [0.05, 0.1) is 44.3 Å². The molecule has 3 heterocycles. The molecule has 0 amide bonds. The van der Waals surface area contributed by atoms with Gasteiger partial charge in [0.1, 0.15) is 17.8 Å². The van der Waals surface area contributed by atoms with E-state index in [0.29, 0.717) is 5.52 Å². The molecule has 1 fully saturated rings. The van der Waals surface area contributed by atoms with E-state index in [4.69, 9.17) is 35.6 Å². The van der Waals surface area contributed by atoms with E-state index in [-0.39, 0.29) is 36.6 Å². The summed E-state index contributed by atoms with van der Waals surface area (Å²) in [6.07, 6.45) is -1.63. The van der Waals surface area contributed by atoms with Crippen molar-refractivity contribution >= 4 is 36.4 Å². The average molecular weight is 466 g/mol. The zero-order valence-electron chi connectivity index (χ0n) is 16.8. The molecule has 0 bridgehead atoms. The van der Waals surface area contributed by atoms with Gasteiger partial charge < -0.3 is 20.7 Å². The minimum Gasteiger partial charge on any atom is -0.396 e. The Bertz CT molecular complexity index is 936. The number of ether oxygens (including phenoxy) is 1. The first-order valence-electron chi connectivity index (χ1n) is 9.32. The summed E-state index contributed by atoms with van der Waals surface area (Å²) in [6, 6.07) is 0. The molecule has 4 atom stereocenters. The SMILES string of the molecule is CCOP(=O)(OCC)OC[C@H]1O[C@@H](n2cnc3c(N)nc(Cl)nc32)C(C)(CO)C1O. The summed E-state index contributed by atoms with van der Waals surface area (Å²) >= 11 is 5.92. The lowest BCUT2D eigenvalue weighted by Crippen LogP contribution is -2.41. The Morgan fingerprint density at radius 3 is 2.60 bits per heavy atom. The van der Waals surface area contributed by atoms with Gasteiger partial charge in [0.2, 0.25) is 5.28 Å². The average Bonchev–Trinajstić information content (AvgIpc) is 3.21. The molecule has 2 aromatic heterocycles. The van der Waals surface area contributed by atoms with Gasteiger partial charge in [-0.3, -0.25) is 18.1 Å². The lowest BCUT2D eigenvalue weighted by Gasteiger charge is -2.31. The molecule has 0 aliphatic carbocycles. The van der Waals surface area contributed by atoms with Gasteiger partial charge in [0.15, 0.2) is 11.5 Å². The van der Waals surface area contributed by atoms with Crippen LogP contribution in [0.4, 0.5) is 5.82 Å². The molecule has 3 rings (SSSR count). The Labute approximate surface area is 177 Å². The van der Waals surface area contributed by atoms with E-state index in [1.54, 1.807) is 20.8 Å². The van der Waals surface area contributed by atoms with Gasteiger partial charge in [-0.25, -0.2) is 9.55 Å². The third kappa shape index (κ3) is 4.19. The fraction of sp³-hybridized carbons (Fsp3) is 0.688. The highest BCUT2D eigenvalue weighted by Gasteiger charge is 2.54. The van der Waals surface area contributed by atoms with Gasteiger partial charge in [-0.2, -0.15) is 9.97 Å². The zero-order chi connectivity index (χ0) is 22.1. The largest absolute Gasteiger partial charge is 0.474 e. The molecule has 12 nitrogen and oxygen atoms in total. The number of rotatable bonds is 9. The Morgan fingerprint density at radius 2 is 2.00 bits per heavy atom. The van der Waals surface area contributed by atoms with Crippen LogP contribution in [0.1, 0.15) is 27.0 Å². The molecule has 2 unspecified atom stereocenters. The highest BCUT2D eigenvalue weighted by molar-refractivity contribution is 7.48. The number of anilines is 1. The Hall–Kier alpha value is -1.37. The van der Waals surface area contributed by atoms with Crippen LogP contribution < -0.4 is 5.73 Å². The second-order valence-corrected chi connectivity index (χ2v) is 8.92. The van der Waals surface area contributed by atoms with E-state index in [1.807, 2.05) is 0 Å². The van der Waals surface area contributed by atoms with E-state index < -0.39 is 38.3 Å². The minimum absolute atomic E-state index is 0.0831. The number of aromatic nitrogens is 4. The van der Waals surface area contributed by atoms with Crippen LogP contribution >= 0.6 is 19.4 Å². The topological polar surface area (TPSA) is 164 Å². The van der Waals surface area contributed by atoms with Gasteiger partial charge in [0, 0.05) is 0 Å². The van der Waals surface area contributed by atoms with Crippen LogP contribution in [0.25, 0.3) is 11.2 Å². The van der Waals surface area contributed by atoms with Crippen molar-refractivity contribution in [2.75, 3.05) is 32.2 Å². The van der Waals surface area contributed by atoms with Crippen LogP contribution in [0.5, 0.6) is 0 Å². The van der Waals surface area contributed by atoms with Crippen molar-refractivity contribution in [3.05, 3.63) is 11.6 Å². The lowest BCUT2D eigenvalue weighted by molar-refractivity contribution is -0.0602. The molecule has 0 spiro atoms. The Balaban J connectivity index is 1.89. The van der Waals surface area contributed by atoms with E-state index in [2.05, 4.69) is 15.0 Å². The molecule has 1 saturated heterocycles. The number of hydrogen-bond donors (Lipinski definition) is 3. The summed E-state index contributed by atoms with van der Waals surface area (Å²) < 4.78 is 35.6. The quantitative estimate of drug-likeness (QED) is 0.363. The van der Waals surface area contributed by atoms with Crippen molar-refractivity contribution < 1.29 is 33.1 Å².